The maximum Gasteiger partial charge on any atom is 0.227 e. The molecule has 4 rings (SSSR count). The van der Waals surface area contributed by atoms with E-state index >= 15 is 0 Å². The van der Waals surface area contributed by atoms with Gasteiger partial charge < -0.3 is 10.2 Å². The van der Waals surface area contributed by atoms with E-state index in [2.05, 4.69) is 39.8 Å². The van der Waals surface area contributed by atoms with E-state index in [4.69, 9.17) is 0 Å². The fraction of sp³-hybridized carbons (Fsp3) is 0.364. The van der Waals surface area contributed by atoms with Crippen molar-refractivity contribution in [2.75, 3.05) is 20.1 Å². The van der Waals surface area contributed by atoms with E-state index in [1.54, 1.807) is 16.2 Å². The minimum absolute atomic E-state index is 0. The molecule has 0 bridgehead atoms. The quantitative estimate of drug-likeness (QED) is 0.597. The summed E-state index contributed by atoms with van der Waals surface area (Å²) in [5, 5.41) is 12.8. The normalized spacial score (nSPS) is 15.8. The van der Waals surface area contributed by atoms with Crippen LogP contribution in [-0.2, 0) is 24.2 Å². The van der Waals surface area contributed by atoms with Gasteiger partial charge in [0.25, 0.3) is 0 Å². The number of aromatic amines is 1. The predicted molar refractivity (Wildman–Crippen MR) is 120 cm³/mol. The number of nitrogens with one attached hydrogen (secondary N) is 2. The molecule has 1 aromatic carbocycles. The number of likely N-dealkylation sites (N-methyl/N-ethyl adjacent to an activating group) is 1. The summed E-state index contributed by atoms with van der Waals surface area (Å²) in [4.78, 5) is 15.5. The highest BCUT2D eigenvalue weighted by atomic mass is 35.5. The summed E-state index contributed by atoms with van der Waals surface area (Å²) in [5.74, 6) is 0.854. The molecule has 0 radical (unpaired) electrons. The van der Waals surface area contributed by atoms with Crippen molar-refractivity contribution < 1.29 is 4.79 Å². The zero-order valence-electron chi connectivity index (χ0n) is 16.6. The monoisotopic (exact) mass is 430 g/mol. The van der Waals surface area contributed by atoms with Crippen LogP contribution in [0.1, 0.15) is 23.2 Å². The topological polar surface area (TPSA) is 61.0 Å². The lowest BCUT2D eigenvalue weighted by Gasteiger charge is -2.16. The molecule has 1 aliphatic rings. The summed E-state index contributed by atoms with van der Waals surface area (Å²) in [7, 11) is 1.84. The van der Waals surface area contributed by atoms with Gasteiger partial charge in [0.15, 0.2) is 0 Å². The molecule has 1 amide bonds. The van der Waals surface area contributed by atoms with Crippen molar-refractivity contribution in [1.29, 1.82) is 0 Å². The van der Waals surface area contributed by atoms with Crippen LogP contribution in [0.25, 0.3) is 10.6 Å². The van der Waals surface area contributed by atoms with Gasteiger partial charge in [0, 0.05) is 7.05 Å². The fourth-order valence-corrected chi connectivity index (χ4v) is 4.35. The lowest BCUT2D eigenvalue weighted by atomic mass is 9.97. The van der Waals surface area contributed by atoms with Gasteiger partial charge in [0.2, 0.25) is 5.91 Å². The molecule has 7 heteroatoms. The van der Waals surface area contributed by atoms with Crippen molar-refractivity contribution in [2.24, 2.45) is 5.92 Å². The number of thiophene rings is 1. The highest BCUT2D eigenvalue weighted by Crippen LogP contribution is 2.23. The van der Waals surface area contributed by atoms with Crippen LogP contribution < -0.4 is 5.32 Å². The Labute approximate surface area is 181 Å². The Morgan fingerprint density at radius 1 is 1.24 bits per heavy atom. The molecular weight excluding hydrogens is 404 g/mol. The van der Waals surface area contributed by atoms with E-state index in [0.717, 1.165) is 47.3 Å². The largest absolute Gasteiger partial charge is 0.340 e. The van der Waals surface area contributed by atoms with Gasteiger partial charge in [-0.15, -0.1) is 23.7 Å². The average molecular weight is 431 g/mol. The first-order valence-electron chi connectivity index (χ1n) is 9.78. The van der Waals surface area contributed by atoms with Crippen molar-refractivity contribution in [3.8, 4) is 10.6 Å². The Balaban J connectivity index is 0.00000240. The highest BCUT2D eigenvalue weighted by molar-refractivity contribution is 7.13. The minimum Gasteiger partial charge on any atom is -0.340 e. The van der Waals surface area contributed by atoms with Gasteiger partial charge >= 0.3 is 0 Å². The zero-order chi connectivity index (χ0) is 19.3. The molecule has 5 nitrogen and oxygen atoms in total. The van der Waals surface area contributed by atoms with Crippen molar-refractivity contribution >= 4 is 29.7 Å². The number of nitrogens with zero attached hydrogens (tertiary/aromatic N) is 2. The number of H-pyrrole nitrogens is 1. The highest BCUT2D eigenvalue weighted by Gasteiger charge is 2.15. The first-order valence-corrected chi connectivity index (χ1v) is 10.7. The van der Waals surface area contributed by atoms with Crippen molar-refractivity contribution in [2.45, 2.75) is 25.8 Å². The summed E-state index contributed by atoms with van der Waals surface area (Å²) < 4.78 is 0. The molecule has 3 aromatic rings. The fourth-order valence-electron chi connectivity index (χ4n) is 3.66. The van der Waals surface area contributed by atoms with E-state index < -0.39 is 0 Å². The molecule has 154 valence electrons. The lowest BCUT2D eigenvalue weighted by molar-refractivity contribution is -0.129. The van der Waals surface area contributed by atoms with Crippen LogP contribution >= 0.6 is 23.7 Å². The van der Waals surface area contributed by atoms with E-state index in [1.807, 2.05) is 30.6 Å². The van der Waals surface area contributed by atoms with Crippen LogP contribution in [0.3, 0.4) is 0 Å². The van der Waals surface area contributed by atoms with Gasteiger partial charge in [-0.2, -0.15) is 5.10 Å². The van der Waals surface area contributed by atoms with E-state index in [-0.39, 0.29) is 18.3 Å². The molecule has 1 aliphatic heterocycles. The van der Waals surface area contributed by atoms with Crippen LogP contribution in [0.5, 0.6) is 0 Å². The molecule has 2 N–H and O–H groups in total. The molecule has 0 spiro atoms. The second-order valence-electron chi connectivity index (χ2n) is 7.56. The number of hydrogen-bond donors (Lipinski definition) is 2. The van der Waals surface area contributed by atoms with Gasteiger partial charge in [-0.1, -0.05) is 30.3 Å². The second-order valence-corrected chi connectivity index (χ2v) is 8.51. The smallest absolute Gasteiger partial charge is 0.227 e. The minimum atomic E-state index is 0. The van der Waals surface area contributed by atoms with Crippen LogP contribution in [0.15, 0.2) is 47.8 Å². The van der Waals surface area contributed by atoms with Crippen LogP contribution in [0.2, 0.25) is 0 Å². The number of amides is 1. The van der Waals surface area contributed by atoms with E-state index in [0.29, 0.717) is 13.0 Å². The zero-order valence-corrected chi connectivity index (χ0v) is 18.2. The maximum atomic E-state index is 12.6. The van der Waals surface area contributed by atoms with Crippen LogP contribution in [0, 0.1) is 5.92 Å². The second kappa shape index (κ2) is 10.1. The number of benzene rings is 1. The lowest BCUT2D eigenvalue weighted by Crippen LogP contribution is -2.27. The first kappa shape index (κ1) is 21.6. The first-order chi connectivity index (χ1) is 13.7. The molecule has 0 saturated carbocycles. The van der Waals surface area contributed by atoms with Crippen molar-refractivity contribution in [3.05, 3.63) is 64.7 Å². The number of hydrogen-bond acceptors (Lipinski definition) is 4. The molecule has 0 aliphatic carbocycles. The Morgan fingerprint density at radius 3 is 2.72 bits per heavy atom. The Kier molecular flexibility index (Phi) is 7.47. The number of halogens is 1. The molecule has 3 heterocycles. The Morgan fingerprint density at radius 2 is 2.03 bits per heavy atom. The van der Waals surface area contributed by atoms with E-state index in [1.165, 1.54) is 12.0 Å². The Bertz CT molecular complexity index is 901. The average Bonchev–Trinajstić information content (AvgIpc) is 3.46. The molecule has 29 heavy (non-hydrogen) atoms. The van der Waals surface area contributed by atoms with E-state index in [9.17, 15) is 4.79 Å². The third-order valence-electron chi connectivity index (χ3n) is 5.30. The van der Waals surface area contributed by atoms with Crippen LogP contribution in [0.4, 0.5) is 0 Å². The number of carbonyl (C=O) groups is 1. The van der Waals surface area contributed by atoms with Gasteiger partial charge in [-0.3, -0.25) is 9.89 Å². The van der Waals surface area contributed by atoms with Crippen molar-refractivity contribution in [3.63, 3.8) is 0 Å². The Hall–Kier alpha value is -2.15. The van der Waals surface area contributed by atoms with Gasteiger partial charge in [0.05, 0.1) is 23.5 Å². The van der Waals surface area contributed by atoms with Crippen LogP contribution in [-0.4, -0.2) is 41.1 Å². The van der Waals surface area contributed by atoms with Gasteiger partial charge in [0.1, 0.15) is 5.69 Å². The molecule has 2 aromatic heterocycles. The third-order valence-corrected chi connectivity index (χ3v) is 6.20. The summed E-state index contributed by atoms with van der Waals surface area (Å²) in [6.07, 6.45) is 2.80. The predicted octanol–water partition coefficient (Wildman–Crippen LogP) is 3.91. The number of aromatic nitrogens is 2. The SMILES string of the molecule is CN(Cc1cc(-c2cccs2)n[nH]1)C(=O)Cc1ccc(CC2CCNC2)cc1.Cl. The molecule has 1 unspecified atom stereocenters. The van der Waals surface area contributed by atoms with Gasteiger partial charge in [-0.05, 0) is 60.5 Å². The molecular formula is C22H27ClN4OS. The summed E-state index contributed by atoms with van der Waals surface area (Å²) in [6.45, 7) is 2.78. The standard InChI is InChI=1S/C22H26N4OS.ClH/c1-26(15-19-13-20(25-24-19)21-3-2-10-28-21)22(27)12-17-6-4-16(5-7-17)11-18-8-9-23-14-18;/h2-7,10,13,18,23H,8-9,11-12,14-15H2,1H3,(H,24,25);1H. The summed E-state index contributed by atoms with van der Waals surface area (Å²) >= 11 is 1.66. The van der Waals surface area contributed by atoms with Gasteiger partial charge in [-0.25, -0.2) is 0 Å². The maximum absolute atomic E-state index is 12.6. The summed E-state index contributed by atoms with van der Waals surface area (Å²) in [6, 6.07) is 14.6. The number of rotatable bonds is 7. The molecule has 1 saturated heterocycles. The summed E-state index contributed by atoms with van der Waals surface area (Å²) in [5.41, 5.74) is 4.30. The number of carbonyl (C=O) groups excluding carboxylic acids is 1. The molecule has 1 fully saturated rings. The molecule has 1 atom stereocenters. The third kappa shape index (κ3) is 5.69. The van der Waals surface area contributed by atoms with Crippen molar-refractivity contribution in [1.82, 2.24) is 20.4 Å².